The van der Waals surface area contributed by atoms with Crippen molar-refractivity contribution in [2.24, 2.45) is 0 Å². The number of piperazine rings is 1. The van der Waals surface area contributed by atoms with Crippen LogP contribution < -0.4 is 5.32 Å². The number of carbonyl (C=O) groups excluding carboxylic acids is 3. The average molecular weight is 535 g/mol. The predicted molar refractivity (Wildman–Crippen MR) is 150 cm³/mol. The van der Waals surface area contributed by atoms with E-state index in [0.717, 1.165) is 27.7 Å². The fourth-order valence-electron chi connectivity index (χ4n) is 5.50. The second kappa shape index (κ2) is 10.8. The van der Waals surface area contributed by atoms with Crippen LogP contribution in [0.25, 0.3) is 10.9 Å². The van der Waals surface area contributed by atoms with E-state index in [2.05, 4.69) is 5.32 Å². The van der Waals surface area contributed by atoms with Crippen molar-refractivity contribution in [3.8, 4) is 0 Å². The molecule has 9 heteroatoms. The molecule has 3 heterocycles. The number of hydrogen-bond acceptors (Lipinski definition) is 5. The lowest BCUT2D eigenvalue weighted by molar-refractivity contribution is -0.157. The van der Waals surface area contributed by atoms with Crippen molar-refractivity contribution in [3.05, 3.63) is 114 Å². The average Bonchev–Trinajstić information content (AvgIpc) is 3.32. The molecule has 0 saturated carbocycles. The molecule has 2 atom stereocenters. The molecule has 0 aliphatic carbocycles. The quantitative estimate of drug-likeness (QED) is 0.409. The lowest BCUT2D eigenvalue weighted by Gasteiger charge is -2.45. The molecule has 2 saturated heterocycles. The number of benzene rings is 3. The van der Waals surface area contributed by atoms with Gasteiger partial charge in [0.25, 0.3) is 5.91 Å². The zero-order valence-electron chi connectivity index (χ0n) is 22.2. The van der Waals surface area contributed by atoms with E-state index in [0.29, 0.717) is 13.1 Å². The summed E-state index contributed by atoms with van der Waals surface area (Å²) in [7, 11) is 1.65. The first-order valence-corrected chi connectivity index (χ1v) is 13.3. The lowest BCUT2D eigenvalue weighted by Crippen LogP contribution is -2.62. The lowest BCUT2D eigenvalue weighted by atomic mass is 10.0. The van der Waals surface area contributed by atoms with Gasteiger partial charge in [0, 0.05) is 19.0 Å². The molecule has 9 nitrogen and oxygen atoms in total. The molecule has 2 aliphatic heterocycles. The number of hydrogen-bond donors (Lipinski definition) is 1. The van der Waals surface area contributed by atoms with Crippen LogP contribution in [0.3, 0.4) is 0 Å². The van der Waals surface area contributed by atoms with Crippen LogP contribution in [0.4, 0.5) is 4.79 Å². The predicted octanol–water partition coefficient (Wildman–Crippen LogP) is 3.55. The van der Waals surface area contributed by atoms with E-state index >= 15 is 0 Å². The van der Waals surface area contributed by atoms with Gasteiger partial charge in [-0.15, -0.1) is 0 Å². The molecule has 0 bridgehead atoms. The maximum atomic E-state index is 13.9. The van der Waals surface area contributed by atoms with Gasteiger partial charge in [0.15, 0.2) is 0 Å². The van der Waals surface area contributed by atoms with Gasteiger partial charge in [-0.2, -0.15) is 5.01 Å². The van der Waals surface area contributed by atoms with Gasteiger partial charge in [-0.1, -0.05) is 84.9 Å². The third-order valence-electron chi connectivity index (χ3n) is 7.55. The molecule has 2 aliphatic rings. The normalized spacial score (nSPS) is 19.1. The number of nitrogens with one attached hydrogen (secondary N) is 1. The van der Waals surface area contributed by atoms with Crippen molar-refractivity contribution in [3.63, 3.8) is 0 Å². The number of para-hydroxylation sites is 1. The highest BCUT2D eigenvalue weighted by atomic mass is 16.2. The number of carbonyl (C=O) groups is 3. The SMILES string of the molecule is CN(C(=O)NCc1ccccc1)N1CC(=O)N2[C@@H](c3ccccc3)C(=O)N(Cc3ccc4ccccc4n3)C[C@@H]21. The zero-order chi connectivity index (χ0) is 27.6. The Bertz CT molecular complexity index is 1550. The molecule has 4 aromatic rings. The monoisotopic (exact) mass is 534 g/mol. The van der Waals surface area contributed by atoms with Crippen molar-refractivity contribution in [1.29, 1.82) is 0 Å². The molecular formula is C31H30N6O3. The fourth-order valence-corrected chi connectivity index (χ4v) is 5.50. The van der Waals surface area contributed by atoms with Crippen LogP contribution in [-0.4, -0.2) is 69.0 Å². The standard InChI is InChI=1S/C31H30N6O3/c1-34(31(40)32-18-22-10-4-2-5-11-22)36-21-28(38)37-27(36)20-35(30(39)29(37)24-13-6-3-7-14-24)19-25-17-16-23-12-8-9-15-26(23)33-25/h2-17,27,29H,18-21H2,1H3,(H,32,40)/t27-,29+/m1/s1. The van der Waals surface area contributed by atoms with Crippen LogP contribution >= 0.6 is 0 Å². The van der Waals surface area contributed by atoms with Gasteiger partial charge in [-0.3, -0.25) is 19.6 Å². The Labute approximate surface area is 232 Å². The highest BCUT2D eigenvalue weighted by Gasteiger charge is 2.52. The molecule has 4 amide bonds. The molecule has 1 aromatic heterocycles. The third-order valence-corrected chi connectivity index (χ3v) is 7.55. The van der Waals surface area contributed by atoms with Crippen molar-refractivity contribution in [2.45, 2.75) is 25.3 Å². The zero-order valence-corrected chi connectivity index (χ0v) is 22.2. The second-order valence-corrected chi connectivity index (χ2v) is 10.1. The summed E-state index contributed by atoms with van der Waals surface area (Å²) in [4.78, 5) is 48.7. The van der Waals surface area contributed by atoms with E-state index in [1.165, 1.54) is 5.01 Å². The van der Waals surface area contributed by atoms with Crippen molar-refractivity contribution < 1.29 is 14.4 Å². The van der Waals surface area contributed by atoms with E-state index in [1.807, 2.05) is 97.1 Å². The number of aromatic nitrogens is 1. The Morgan fingerprint density at radius 2 is 1.62 bits per heavy atom. The highest BCUT2D eigenvalue weighted by molar-refractivity contribution is 5.92. The summed E-state index contributed by atoms with van der Waals surface area (Å²) >= 11 is 0. The van der Waals surface area contributed by atoms with Crippen LogP contribution in [-0.2, 0) is 22.7 Å². The van der Waals surface area contributed by atoms with Crippen molar-refractivity contribution in [2.75, 3.05) is 20.1 Å². The molecule has 0 unspecified atom stereocenters. The summed E-state index contributed by atoms with van der Waals surface area (Å²) in [5.74, 6) is -0.359. The molecule has 3 aromatic carbocycles. The van der Waals surface area contributed by atoms with Crippen LogP contribution in [0, 0.1) is 0 Å². The van der Waals surface area contributed by atoms with Gasteiger partial charge in [0.2, 0.25) is 5.91 Å². The van der Waals surface area contributed by atoms with Crippen LogP contribution in [0.5, 0.6) is 0 Å². The number of rotatable bonds is 6. The van der Waals surface area contributed by atoms with Crippen LogP contribution in [0.2, 0.25) is 0 Å². The largest absolute Gasteiger partial charge is 0.333 e. The number of pyridine rings is 1. The van der Waals surface area contributed by atoms with E-state index in [9.17, 15) is 14.4 Å². The molecule has 0 spiro atoms. The van der Waals surface area contributed by atoms with Crippen LogP contribution in [0.15, 0.2) is 97.1 Å². The molecular weight excluding hydrogens is 504 g/mol. The fraction of sp³-hybridized carbons (Fsp3) is 0.226. The summed E-state index contributed by atoms with van der Waals surface area (Å²) in [6, 6.07) is 29.7. The van der Waals surface area contributed by atoms with E-state index in [4.69, 9.17) is 4.98 Å². The van der Waals surface area contributed by atoms with Gasteiger partial charge in [0.1, 0.15) is 12.2 Å². The minimum absolute atomic E-state index is 0.00139. The molecule has 0 radical (unpaired) electrons. The van der Waals surface area contributed by atoms with Gasteiger partial charge >= 0.3 is 6.03 Å². The number of hydrazine groups is 1. The Balaban J connectivity index is 1.28. The van der Waals surface area contributed by atoms with Gasteiger partial charge in [-0.05, 0) is 23.3 Å². The smallest absolute Gasteiger partial charge is 0.332 e. The van der Waals surface area contributed by atoms with E-state index in [-0.39, 0.29) is 30.9 Å². The van der Waals surface area contributed by atoms with Crippen LogP contribution in [0.1, 0.15) is 22.9 Å². The summed E-state index contributed by atoms with van der Waals surface area (Å²) in [6.07, 6.45) is -0.511. The molecule has 1 N–H and O–H groups in total. The van der Waals surface area contributed by atoms with E-state index in [1.54, 1.807) is 21.9 Å². The number of fused-ring (bicyclic) bond motifs is 2. The molecule has 202 valence electrons. The summed E-state index contributed by atoms with van der Waals surface area (Å²) < 4.78 is 0. The van der Waals surface area contributed by atoms with Gasteiger partial charge in [0.05, 0.1) is 30.8 Å². The van der Waals surface area contributed by atoms with Crippen molar-refractivity contribution in [1.82, 2.24) is 30.1 Å². The summed E-state index contributed by atoms with van der Waals surface area (Å²) in [5.41, 5.74) is 3.33. The van der Waals surface area contributed by atoms with Gasteiger partial charge < -0.3 is 15.1 Å². The first-order valence-electron chi connectivity index (χ1n) is 13.3. The molecule has 2 fully saturated rings. The number of amides is 4. The Kier molecular flexibility index (Phi) is 6.88. The van der Waals surface area contributed by atoms with Gasteiger partial charge in [-0.25, -0.2) is 4.79 Å². The Morgan fingerprint density at radius 3 is 2.40 bits per heavy atom. The minimum Gasteiger partial charge on any atom is -0.333 e. The number of urea groups is 1. The summed E-state index contributed by atoms with van der Waals surface area (Å²) in [6.45, 7) is 0.908. The molecule has 6 rings (SSSR count). The topological polar surface area (TPSA) is 89.1 Å². The number of nitrogens with zero attached hydrogens (tertiary/aromatic N) is 5. The van der Waals surface area contributed by atoms with E-state index < -0.39 is 12.2 Å². The Morgan fingerprint density at radius 1 is 0.925 bits per heavy atom. The maximum Gasteiger partial charge on any atom is 0.332 e. The Hall–Kier alpha value is -4.76. The third kappa shape index (κ3) is 4.87. The van der Waals surface area contributed by atoms with Crippen molar-refractivity contribution >= 4 is 28.7 Å². The first-order chi connectivity index (χ1) is 19.5. The summed E-state index contributed by atoms with van der Waals surface area (Å²) in [5, 5.41) is 7.15. The minimum atomic E-state index is -0.793. The molecule has 40 heavy (non-hydrogen) atoms. The second-order valence-electron chi connectivity index (χ2n) is 10.1. The highest BCUT2D eigenvalue weighted by Crippen LogP contribution is 2.36. The first kappa shape index (κ1) is 25.5. The maximum absolute atomic E-state index is 13.9.